The Morgan fingerprint density at radius 1 is 1.38 bits per heavy atom. The van der Waals surface area contributed by atoms with Crippen molar-refractivity contribution in [1.29, 1.82) is 0 Å². The van der Waals surface area contributed by atoms with E-state index in [4.69, 9.17) is 0 Å². The summed E-state index contributed by atoms with van der Waals surface area (Å²) in [5.74, 6) is -2.12. The first-order valence-corrected chi connectivity index (χ1v) is 6.69. The van der Waals surface area contributed by atoms with Crippen LogP contribution >= 0.6 is 0 Å². The lowest BCUT2D eigenvalue weighted by Gasteiger charge is -2.18. The summed E-state index contributed by atoms with van der Waals surface area (Å²) >= 11 is 0. The zero-order valence-electron chi connectivity index (χ0n) is 11.5. The van der Waals surface area contributed by atoms with E-state index >= 15 is 0 Å². The second kappa shape index (κ2) is 6.17. The van der Waals surface area contributed by atoms with Gasteiger partial charge in [-0.05, 0) is 12.5 Å². The van der Waals surface area contributed by atoms with Crippen LogP contribution in [0, 0.1) is 11.6 Å². The van der Waals surface area contributed by atoms with Gasteiger partial charge in [-0.2, -0.15) is 0 Å². The highest BCUT2D eigenvalue weighted by atomic mass is 19.1. The second-order valence-electron chi connectivity index (χ2n) is 4.92. The van der Waals surface area contributed by atoms with Crippen LogP contribution in [0.15, 0.2) is 18.2 Å². The number of benzene rings is 1. The molecule has 114 valence electrons. The van der Waals surface area contributed by atoms with E-state index in [1.165, 1.54) is 0 Å². The Balaban J connectivity index is 2.10. The van der Waals surface area contributed by atoms with Gasteiger partial charge < -0.3 is 10.4 Å². The number of hydrogen-bond acceptors (Lipinski definition) is 3. The maximum absolute atomic E-state index is 13.6. The summed E-state index contributed by atoms with van der Waals surface area (Å²) in [5, 5.41) is 12.5. The number of β-amino-alcohol motifs (C(OH)–C–C–N with tert-alkyl or cyclic N) is 1. The monoisotopic (exact) mass is 298 g/mol. The molecule has 0 radical (unpaired) electrons. The molecule has 1 heterocycles. The first kappa shape index (κ1) is 15.4. The van der Waals surface area contributed by atoms with Gasteiger partial charge in [0.1, 0.15) is 17.7 Å². The third kappa shape index (κ3) is 3.18. The van der Waals surface area contributed by atoms with Crippen LogP contribution in [-0.4, -0.2) is 34.5 Å². The Morgan fingerprint density at radius 3 is 2.71 bits per heavy atom. The van der Waals surface area contributed by atoms with Crippen LogP contribution < -0.4 is 5.32 Å². The summed E-state index contributed by atoms with van der Waals surface area (Å²) in [7, 11) is 0. The van der Waals surface area contributed by atoms with Crippen molar-refractivity contribution in [3.05, 3.63) is 35.4 Å². The molecule has 0 saturated carbocycles. The van der Waals surface area contributed by atoms with E-state index in [1.807, 2.05) is 6.92 Å². The van der Waals surface area contributed by atoms with Gasteiger partial charge in [-0.25, -0.2) is 13.6 Å². The van der Waals surface area contributed by atoms with Crippen molar-refractivity contribution in [2.75, 3.05) is 6.54 Å². The topological polar surface area (TPSA) is 69.6 Å². The highest BCUT2D eigenvalue weighted by Gasteiger charge is 2.38. The molecule has 0 aliphatic carbocycles. The molecule has 21 heavy (non-hydrogen) atoms. The third-order valence-electron chi connectivity index (χ3n) is 3.36. The summed E-state index contributed by atoms with van der Waals surface area (Å²) in [6.07, 6.45) is -0.178. The van der Waals surface area contributed by atoms with Crippen LogP contribution in [0.1, 0.15) is 31.4 Å². The molecule has 7 heteroatoms. The molecule has 1 aliphatic rings. The Morgan fingerprint density at radius 2 is 2.10 bits per heavy atom. The number of urea groups is 1. The predicted molar refractivity (Wildman–Crippen MR) is 70.3 cm³/mol. The van der Waals surface area contributed by atoms with Crippen LogP contribution in [0.3, 0.4) is 0 Å². The number of aliphatic hydroxyl groups is 1. The van der Waals surface area contributed by atoms with Crippen molar-refractivity contribution >= 4 is 11.9 Å². The van der Waals surface area contributed by atoms with Gasteiger partial charge in [-0.1, -0.05) is 19.4 Å². The molecule has 1 aliphatic heterocycles. The van der Waals surface area contributed by atoms with E-state index in [9.17, 15) is 23.5 Å². The first-order chi connectivity index (χ1) is 9.93. The van der Waals surface area contributed by atoms with Crippen molar-refractivity contribution in [1.82, 2.24) is 10.2 Å². The van der Waals surface area contributed by atoms with E-state index < -0.39 is 35.7 Å². The van der Waals surface area contributed by atoms with E-state index in [1.54, 1.807) is 0 Å². The number of nitrogens with zero attached hydrogens (tertiary/aromatic N) is 1. The fourth-order valence-corrected chi connectivity index (χ4v) is 2.28. The lowest BCUT2D eigenvalue weighted by Crippen LogP contribution is -2.35. The third-order valence-corrected chi connectivity index (χ3v) is 3.36. The maximum atomic E-state index is 13.6. The molecule has 5 nitrogen and oxygen atoms in total. The minimum Gasteiger partial charge on any atom is -0.386 e. The summed E-state index contributed by atoms with van der Waals surface area (Å²) in [6.45, 7) is 1.51. The fourth-order valence-electron chi connectivity index (χ4n) is 2.28. The summed E-state index contributed by atoms with van der Waals surface area (Å²) in [4.78, 5) is 24.5. The Kier molecular flexibility index (Phi) is 4.52. The number of nitrogens with one attached hydrogen (secondary N) is 1. The number of hydrogen-bond donors (Lipinski definition) is 2. The minimum atomic E-state index is -1.40. The molecular formula is C14H16F2N2O3. The van der Waals surface area contributed by atoms with E-state index in [2.05, 4.69) is 5.32 Å². The van der Waals surface area contributed by atoms with Crippen LogP contribution in [0.2, 0.25) is 0 Å². The molecule has 2 N–H and O–H groups in total. The van der Waals surface area contributed by atoms with Gasteiger partial charge in [0.05, 0.1) is 12.6 Å². The Bertz CT molecular complexity index is 565. The number of carbonyl (C=O) groups is 2. The Labute approximate surface area is 120 Å². The average molecular weight is 298 g/mol. The standard InChI is InChI=1S/C14H16F2N2O3/c1-2-3-11-13(20)18(14(21)17-11)7-12(19)9-5-4-8(15)6-10(9)16/h4-6,11-12,19H,2-3,7H2,1H3,(H,17,21). The van der Waals surface area contributed by atoms with Crippen molar-refractivity contribution in [3.63, 3.8) is 0 Å². The normalized spacial score (nSPS) is 19.8. The van der Waals surface area contributed by atoms with Gasteiger partial charge in [-0.15, -0.1) is 0 Å². The first-order valence-electron chi connectivity index (χ1n) is 6.69. The highest BCUT2D eigenvalue weighted by molar-refractivity contribution is 6.04. The minimum absolute atomic E-state index is 0.157. The van der Waals surface area contributed by atoms with Crippen LogP contribution in [-0.2, 0) is 4.79 Å². The summed E-state index contributed by atoms with van der Waals surface area (Å²) < 4.78 is 26.4. The molecule has 1 saturated heterocycles. The summed E-state index contributed by atoms with van der Waals surface area (Å²) in [6, 6.07) is 1.53. The molecule has 2 rings (SSSR count). The second-order valence-corrected chi connectivity index (χ2v) is 4.92. The number of amides is 3. The molecule has 1 aromatic rings. The van der Waals surface area contributed by atoms with E-state index in [0.717, 1.165) is 23.5 Å². The molecule has 2 unspecified atom stereocenters. The molecule has 3 amide bonds. The van der Waals surface area contributed by atoms with Crippen LogP contribution in [0.4, 0.5) is 13.6 Å². The van der Waals surface area contributed by atoms with Crippen molar-refractivity contribution in [3.8, 4) is 0 Å². The van der Waals surface area contributed by atoms with Gasteiger partial charge in [0, 0.05) is 11.6 Å². The number of halogens is 2. The van der Waals surface area contributed by atoms with E-state index in [0.29, 0.717) is 12.5 Å². The molecule has 1 aromatic carbocycles. The molecule has 0 aromatic heterocycles. The Hall–Kier alpha value is -2.02. The summed E-state index contributed by atoms with van der Waals surface area (Å²) in [5.41, 5.74) is -0.157. The molecule has 0 bridgehead atoms. The van der Waals surface area contributed by atoms with Gasteiger partial charge in [0.2, 0.25) is 0 Å². The average Bonchev–Trinajstić information content (AvgIpc) is 2.67. The zero-order chi connectivity index (χ0) is 15.6. The van der Waals surface area contributed by atoms with Gasteiger partial charge >= 0.3 is 6.03 Å². The SMILES string of the molecule is CCCC1NC(=O)N(CC(O)c2ccc(F)cc2F)C1=O. The van der Waals surface area contributed by atoms with Crippen LogP contribution in [0.25, 0.3) is 0 Å². The smallest absolute Gasteiger partial charge is 0.324 e. The quantitative estimate of drug-likeness (QED) is 0.813. The highest BCUT2D eigenvalue weighted by Crippen LogP contribution is 2.21. The number of rotatable bonds is 5. The molecular weight excluding hydrogens is 282 g/mol. The van der Waals surface area contributed by atoms with Gasteiger partial charge in [0.25, 0.3) is 5.91 Å². The largest absolute Gasteiger partial charge is 0.386 e. The van der Waals surface area contributed by atoms with Crippen molar-refractivity contribution in [2.24, 2.45) is 0 Å². The van der Waals surface area contributed by atoms with Crippen molar-refractivity contribution in [2.45, 2.75) is 31.9 Å². The zero-order valence-corrected chi connectivity index (χ0v) is 11.5. The van der Waals surface area contributed by atoms with Gasteiger partial charge in [0.15, 0.2) is 0 Å². The van der Waals surface area contributed by atoms with Crippen LogP contribution in [0.5, 0.6) is 0 Å². The van der Waals surface area contributed by atoms with E-state index in [-0.39, 0.29) is 12.1 Å². The van der Waals surface area contributed by atoms with Crippen molar-refractivity contribution < 1.29 is 23.5 Å². The maximum Gasteiger partial charge on any atom is 0.324 e. The van der Waals surface area contributed by atoms with Gasteiger partial charge in [-0.3, -0.25) is 9.69 Å². The number of aliphatic hydroxyl groups excluding tert-OH is 1. The fraction of sp³-hybridized carbons (Fsp3) is 0.429. The predicted octanol–water partition coefficient (Wildman–Crippen LogP) is 1.72. The lowest BCUT2D eigenvalue weighted by molar-refractivity contribution is -0.128. The number of imide groups is 1. The number of carbonyl (C=O) groups excluding carboxylic acids is 2. The molecule has 0 spiro atoms. The molecule has 1 fully saturated rings. The lowest BCUT2D eigenvalue weighted by atomic mass is 10.1. The molecule has 2 atom stereocenters.